The molecule has 0 spiro atoms. The maximum absolute atomic E-state index is 12.7. The first-order valence-electron chi connectivity index (χ1n) is 8.10. The smallest absolute Gasteiger partial charge is 0.289 e. The van der Waals surface area contributed by atoms with E-state index in [9.17, 15) is 4.79 Å². The summed E-state index contributed by atoms with van der Waals surface area (Å²) < 4.78 is 12.5. The molecule has 0 aromatic carbocycles. The van der Waals surface area contributed by atoms with E-state index >= 15 is 0 Å². The van der Waals surface area contributed by atoms with E-state index in [0.29, 0.717) is 11.7 Å². The van der Waals surface area contributed by atoms with Crippen molar-refractivity contribution in [1.29, 1.82) is 0 Å². The number of carbonyl (C=O) groups is 1. The molecule has 1 saturated heterocycles. The molecule has 1 fully saturated rings. The van der Waals surface area contributed by atoms with Gasteiger partial charge in [0.2, 0.25) is 0 Å². The van der Waals surface area contributed by atoms with Crippen LogP contribution in [-0.2, 0) is 13.5 Å². The van der Waals surface area contributed by atoms with E-state index in [1.165, 1.54) is 7.11 Å². The normalized spacial score (nSPS) is 18.2. The van der Waals surface area contributed by atoms with Crippen molar-refractivity contribution in [1.82, 2.24) is 14.5 Å². The number of carbonyl (C=O) groups excluding carboxylic acids is 1. The van der Waals surface area contributed by atoms with Crippen LogP contribution in [0.15, 0.2) is 28.9 Å². The summed E-state index contributed by atoms with van der Waals surface area (Å²) in [4.78, 5) is 19.0. The Morgan fingerprint density at radius 1 is 1.43 bits per heavy atom. The van der Waals surface area contributed by atoms with Crippen molar-refractivity contribution >= 4 is 5.91 Å². The lowest BCUT2D eigenvalue weighted by Gasteiger charge is -2.35. The molecule has 6 nitrogen and oxygen atoms in total. The number of rotatable bonds is 5. The van der Waals surface area contributed by atoms with E-state index in [1.807, 2.05) is 28.9 Å². The highest BCUT2D eigenvalue weighted by atomic mass is 16.6. The lowest BCUT2D eigenvalue weighted by Crippen LogP contribution is -2.43. The zero-order valence-electron chi connectivity index (χ0n) is 13.7. The molecule has 2 aromatic rings. The molecule has 6 heteroatoms. The van der Waals surface area contributed by atoms with Crippen molar-refractivity contribution in [2.45, 2.75) is 38.1 Å². The van der Waals surface area contributed by atoms with Gasteiger partial charge in [-0.2, -0.15) is 0 Å². The lowest BCUT2D eigenvalue weighted by atomic mass is 9.97. The van der Waals surface area contributed by atoms with Crippen LogP contribution in [0.4, 0.5) is 0 Å². The van der Waals surface area contributed by atoms with Crippen LogP contribution in [0.3, 0.4) is 0 Å². The second-order valence-corrected chi connectivity index (χ2v) is 5.96. The van der Waals surface area contributed by atoms with Gasteiger partial charge in [-0.05, 0) is 31.7 Å². The molecule has 1 unspecified atom stereocenters. The van der Waals surface area contributed by atoms with E-state index in [2.05, 4.69) is 4.98 Å². The number of nitrogens with zero attached hydrogens (tertiary/aromatic N) is 3. The number of piperidine rings is 1. The number of hydrogen-bond donors (Lipinski definition) is 0. The molecule has 0 N–H and O–H groups in total. The monoisotopic (exact) mass is 317 g/mol. The minimum atomic E-state index is -0.0437. The van der Waals surface area contributed by atoms with Gasteiger partial charge in [0.15, 0.2) is 5.76 Å². The zero-order chi connectivity index (χ0) is 16.2. The summed E-state index contributed by atoms with van der Waals surface area (Å²) in [6, 6.07) is 3.61. The highest BCUT2D eigenvalue weighted by molar-refractivity contribution is 5.92. The van der Waals surface area contributed by atoms with Gasteiger partial charge < -0.3 is 18.6 Å². The van der Waals surface area contributed by atoms with Gasteiger partial charge in [0.1, 0.15) is 5.82 Å². The maximum Gasteiger partial charge on any atom is 0.289 e. The van der Waals surface area contributed by atoms with E-state index < -0.39 is 0 Å². The Bertz CT molecular complexity index is 662. The van der Waals surface area contributed by atoms with Crippen LogP contribution in [0, 0.1) is 0 Å². The summed E-state index contributed by atoms with van der Waals surface area (Å²) in [5.74, 6) is 1.74. The van der Waals surface area contributed by atoms with Crippen molar-refractivity contribution in [2.75, 3.05) is 13.7 Å². The van der Waals surface area contributed by atoms with Gasteiger partial charge in [-0.3, -0.25) is 4.79 Å². The Balaban J connectivity index is 1.68. The number of ether oxygens (including phenoxy) is 1. The van der Waals surface area contributed by atoms with Gasteiger partial charge in [0.25, 0.3) is 11.9 Å². The number of aryl methyl sites for hydroxylation is 2. The number of furan rings is 1. The number of likely N-dealkylation sites (tertiary alicyclic amines) is 1. The van der Waals surface area contributed by atoms with Gasteiger partial charge >= 0.3 is 0 Å². The Labute approximate surface area is 136 Å². The van der Waals surface area contributed by atoms with Gasteiger partial charge in [-0.15, -0.1) is 0 Å². The third kappa shape index (κ3) is 3.41. The maximum atomic E-state index is 12.7. The molecule has 2 aromatic heterocycles. The number of aromatic nitrogens is 2. The van der Waals surface area contributed by atoms with E-state index in [1.54, 1.807) is 12.1 Å². The van der Waals surface area contributed by atoms with Gasteiger partial charge in [-0.1, -0.05) is 0 Å². The minimum Gasteiger partial charge on any atom is -0.468 e. The fourth-order valence-corrected chi connectivity index (χ4v) is 3.19. The summed E-state index contributed by atoms with van der Waals surface area (Å²) in [5.41, 5.74) is 0. The second-order valence-electron chi connectivity index (χ2n) is 5.96. The molecule has 0 bridgehead atoms. The molecule has 0 saturated carbocycles. The predicted molar refractivity (Wildman–Crippen MR) is 85.5 cm³/mol. The Hall–Kier alpha value is -2.24. The highest BCUT2D eigenvalue weighted by Gasteiger charge is 2.29. The third-order valence-electron chi connectivity index (χ3n) is 4.50. The van der Waals surface area contributed by atoms with Crippen LogP contribution in [0.25, 0.3) is 0 Å². The molecule has 1 aliphatic heterocycles. The molecule has 3 rings (SSSR count). The highest BCUT2D eigenvalue weighted by Crippen LogP contribution is 2.25. The molecule has 1 amide bonds. The van der Waals surface area contributed by atoms with Crippen LogP contribution in [-0.4, -0.2) is 40.1 Å². The fourth-order valence-electron chi connectivity index (χ4n) is 3.19. The summed E-state index contributed by atoms with van der Waals surface area (Å²) in [6.45, 7) is 0.785. The van der Waals surface area contributed by atoms with Gasteiger partial charge in [-0.25, -0.2) is 4.98 Å². The van der Waals surface area contributed by atoms with E-state index in [0.717, 1.165) is 44.5 Å². The molecule has 1 atom stereocenters. The first kappa shape index (κ1) is 15.6. The Morgan fingerprint density at radius 2 is 2.30 bits per heavy atom. The predicted octanol–water partition coefficient (Wildman–Crippen LogP) is 2.65. The van der Waals surface area contributed by atoms with Crippen LogP contribution in [0.1, 0.15) is 42.1 Å². The molecule has 0 aliphatic carbocycles. The number of imidazole rings is 1. The zero-order valence-corrected chi connectivity index (χ0v) is 13.7. The second kappa shape index (κ2) is 6.89. The van der Waals surface area contributed by atoms with Crippen molar-refractivity contribution in [3.63, 3.8) is 0 Å². The van der Waals surface area contributed by atoms with Crippen molar-refractivity contribution in [3.8, 4) is 5.95 Å². The summed E-state index contributed by atoms with van der Waals surface area (Å²) >= 11 is 0. The molecule has 124 valence electrons. The SMILES string of the molecule is COc1ccc(C(=O)N2CCCCC2CCc2nccn2C)o1. The summed E-state index contributed by atoms with van der Waals surface area (Å²) in [5, 5.41) is 0. The number of methoxy groups -OCH3 is 1. The molecule has 1 aliphatic rings. The first-order valence-corrected chi connectivity index (χ1v) is 8.10. The molecular formula is C17H23N3O3. The van der Waals surface area contributed by atoms with Crippen LogP contribution in [0.2, 0.25) is 0 Å². The quantitative estimate of drug-likeness (QED) is 0.850. The average molecular weight is 317 g/mol. The topological polar surface area (TPSA) is 60.5 Å². The first-order chi connectivity index (χ1) is 11.2. The lowest BCUT2D eigenvalue weighted by molar-refractivity contribution is 0.0563. The van der Waals surface area contributed by atoms with Gasteiger partial charge in [0.05, 0.1) is 7.11 Å². The van der Waals surface area contributed by atoms with Crippen LogP contribution < -0.4 is 4.74 Å². The largest absolute Gasteiger partial charge is 0.468 e. The average Bonchev–Trinajstić information content (AvgIpc) is 3.21. The standard InChI is InChI=1S/C17H23N3O3/c1-19-12-10-18-15(19)8-6-13-5-3-4-11-20(13)17(21)14-7-9-16(22-2)23-14/h7,9-10,12-13H,3-6,8,11H2,1-2H3. The van der Waals surface area contributed by atoms with Crippen LogP contribution >= 0.6 is 0 Å². The van der Waals surface area contributed by atoms with Gasteiger partial charge in [0, 0.05) is 44.5 Å². The molecule has 3 heterocycles. The fraction of sp³-hybridized carbons (Fsp3) is 0.529. The molecule has 0 radical (unpaired) electrons. The van der Waals surface area contributed by atoms with Crippen LogP contribution in [0.5, 0.6) is 5.95 Å². The molecular weight excluding hydrogens is 294 g/mol. The minimum absolute atomic E-state index is 0.0437. The van der Waals surface area contributed by atoms with Crippen molar-refractivity contribution < 1.29 is 13.9 Å². The Morgan fingerprint density at radius 3 is 3.00 bits per heavy atom. The number of hydrogen-bond acceptors (Lipinski definition) is 4. The Kier molecular flexibility index (Phi) is 4.69. The third-order valence-corrected chi connectivity index (χ3v) is 4.50. The van der Waals surface area contributed by atoms with Crippen molar-refractivity contribution in [3.05, 3.63) is 36.1 Å². The summed E-state index contributed by atoms with van der Waals surface area (Å²) in [6.07, 6.45) is 8.81. The van der Waals surface area contributed by atoms with E-state index in [-0.39, 0.29) is 11.9 Å². The number of amides is 1. The molecule has 23 heavy (non-hydrogen) atoms. The van der Waals surface area contributed by atoms with E-state index in [4.69, 9.17) is 9.15 Å². The van der Waals surface area contributed by atoms with Crippen molar-refractivity contribution in [2.24, 2.45) is 7.05 Å². The summed E-state index contributed by atoms with van der Waals surface area (Å²) in [7, 11) is 3.53.